The Kier molecular flexibility index (Phi) is 6.25. The number of benzene rings is 2. The van der Waals surface area contributed by atoms with E-state index in [0.717, 1.165) is 62.4 Å². The predicted octanol–water partition coefficient (Wildman–Crippen LogP) is 4.92. The van der Waals surface area contributed by atoms with Gasteiger partial charge < -0.3 is 14.5 Å². The lowest BCUT2D eigenvalue weighted by Crippen LogP contribution is -2.56. The Morgan fingerprint density at radius 1 is 0.975 bits per heavy atom. The first-order chi connectivity index (χ1) is 19.5. The Labute approximate surface area is 235 Å². The third-order valence-corrected chi connectivity index (χ3v) is 7.90. The van der Waals surface area contributed by atoms with E-state index in [1.807, 2.05) is 12.4 Å². The van der Waals surface area contributed by atoms with Gasteiger partial charge in [-0.15, -0.1) is 0 Å². The van der Waals surface area contributed by atoms with Gasteiger partial charge in [-0.05, 0) is 24.3 Å². The number of piperazine rings is 1. The van der Waals surface area contributed by atoms with Gasteiger partial charge in [-0.1, -0.05) is 18.5 Å². The molecule has 5 aromatic rings. The van der Waals surface area contributed by atoms with E-state index in [1.165, 1.54) is 6.07 Å². The SMILES string of the molecule is CC1(CN2CCN(n3cnc4cnc5cc(F)c(-c6ccc(Oc7ncccn7)cc6Cl)cc5c43)CC2)COC1. The summed E-state index contributed by atoms with van der Waals surface area (Å²) in [5.41, 5.74) is 3.40. The summed E-state index contributed by atoms with van der Waals surface area (Å²) in [6, 6.07) is 10.3. The maximum absolute atomic E-state index is 15.4. The summed E-state index contributed by atoms with van der Waals surface area (Å²) < 4.78 is 28.6. The molecule has 7 rings (SSSR count). The number of nitrogens with zero attached hydrogens (tertiary/aromatic N) is 7. The van der Waals surface area contributed by atoms with Crippen LogP contribution in [0.25, 0.3) is 33.1 Å². The highest BCUT2D eigenvalue weighted by atomic mass is 35.5. The van der Waals surface area contributed by atoms with Crippen molar-refractivity contribution in [3.63, 3.8) is 0 Å². The van der Waals surface area contributed by atoms with Crippen molar-refractivity contribution in [2.45, 2.75) is 6.92 Å². The van der Waals surface area contributed by atoms with Crippen LogP contribution in [-0.2, 0) is 4.74 Å². The molecule has 0 N–H and O–H groups in total. The molecule has 0 spiro atoms. The molecule has 2 aliphatic rings. The van der Waals surface area contributed by atoms with E-state index in [4.69, 9.17) is 21.1 Å². The van der Waals surface area contributed by atoms with Crippen molar-refractivity contribution in [3.8, 4) is 22.9 Å². The first-order valence-corrected chi connectivity index (χ1v) is 13.6. The number of fused-ring (bicyclic) bond motifs is 3. The zero-order chi connectivity index (χ0) is 27.3. The highest BCUT2D eigenvalue weighted by Crippen LogP contribution is 2.37. The van der Waals surface area contributed by atoms with Crippen LogP contribution in [0.5, 0.6) is 11.8 Å². The van der Waals surface area contributed by atoms with Crippen molar-refractivity contribution in [2.75, 3.05) is 50.9 Å². The number of hydrogen-bond acceptors (Lipinski definition) is 8. The molecule has 0 radical (unpaired) electrons. The van der Waals surface area contributed by atoms with Crippen LogP contribution in [0.2, 0.25) is 5.02 Å². The number of rotatable bonds is 6. The van der Waals surface area contributed by atoms with Gasteiger partial charge in [0.05, 0.1) is 29.9 Å². The second-order valence-electron chi connectivity index (χ2n) is 10.7. The van der Waals surface area contributed by atoms with Crippen molar-refractivity contribution < 1.29 is 13.9 Å². The lowest BCUT2D eigenvalue weighted by Gasteiger charge is -2.44. The van der Waals surface area contributed by atoms with Crippen molar-refractivity contribution in [3.05, 3.63) is 72.2 Å². The van der Waals surface area contributed by atoms with E-state index < -0.39 is 5.82 Å². The molecule has 0 amide bonds. The minimum absolute atomic E-state index is 0.206. The third-order valence-electron chi connectivity index (χ3n) is 7.59. The lowest BCUT2D eigenvalue weighted by molar-refractivity contribution is -0.115. The first-order valence-electron chi connectivity index (χ1n) is 13.2. The average molecular weight is 560 g/mol. The minimum atomic E-state index is -0.408. The van der Waals surface area contributed by atoms with Crippen LogP contribution >= 0.6 is 11.6 Å². The Hall–Kier alpha value is -3.86. The summed E-state index contributed by atoms with van der Waals surface area (Å²) >= 11 is 6.64. The molecule has 0 atom stereocenters. The molecule has 0 unspecified atom stereocenters. The Morgan fingerprint density at radius 3 is 2.50 bits per heavy atom. The zero-order valence-corrected chi connectivity index (χ0v) is 22.7. The molecule has 11 heteroatoms. The van der Waals surface area contributed by atoms with Gasteiger partial charge in [-0.2, -0.15) is 0 Å². The van der Waals surface area contributed by atoms with E-state index in [-0.39, 0.29) is 11.4 Å². The van der Waals surface area contributed by atoms with Crippen LogP contribution in [0.15, 0.2) is 61.3 Å². The van der Waals surface area contributed by atoms with E-state index in [2.05, 4.69) is 41.4 Å². The van der Waals surface area contributed by atoms with Gasteiger partial charge in [-0.3, -0.25) is 9.88 Å². The number of ether oxygens (including phenoxy) is 2. The lowest BCUT2D eigenvalue weighted by atomic mass is 9.88. The maximum Gasteiger partial charge on any atom is 0.321 e. The molecule has 2 aromatic carbocycles. The smallest absolute Gasteiger partial charge is 0.321 e. The summed E-state index contributed by atoms with van der Waals surface area (Å²) in [6.07, 6.45) is 6.71. The molecule has 204 valence electrons. The van der Waals surface area contributed by atoms with Crippen molar-refractivity contribution in [1.82, 2.24) is 29.5 Å². The second kappa shape index (κ2) is 9.96. The number of aromatic nitrogens is 5. The van der Waals surface area contributed by atoms with Gasteiger partial charge in [0.25, 0.3) is 0 Å². The zero-order valence-electron chi connectivity index (χ0n) is 21.9. The number of halogens is 2. The predicted molar refractivity (Wildman–Crippen MR) is 151 cm³/mol. The van der Waals surface area contributed by atoms with Crippen molar-refractivity contribution >= 4 is 33.5 Å². The normalized spacial score (nSPS) is 17.3. The summed E-state index contributed by atoms with van der Waals surface area (Å²) in [6.45, 7) is 8.62. The van der Waals surface area contributed by atoms with Gasteiger partial charge in [0.2, 0.25) is 0 Å². The molecule has 0 bridgehead atoms. The molecule has 2 aliphatic heterocycles. The van der Waals surface area contributed by atoms with E-state index >= 15 is 4.39 Å². The Morgan fingerprint density at radius 2 is 1.77 bits per heavy atom. The summed E-state index contributed by atoms with van der Waals surface area (Å²) in [5.74, 6) is 0.0516. The molecular weight excluding hydrogens is 533 g/mol. The third kappa shape index (κ3) is 4.61. The maximum atomic E-state index is 15.4. The second-order valence-corrected chi connectivity index (χ2v) is 11.1. The van der Waals surface area contributed by atoms with Crippen LogP contribution in [0.3, 0.4) is 0 Å². The van der Waals surface area contributed by atoms with Gasteiger partial charge in [0.1, 0.15) is 28.9 Å². The van der Waals surface area contributed by atoms with E-state index in [0.29, 0.717) is 27.4 Å². The first kappa shape index (κ1) is 25.1. The summed E-state index contributed by atoms with van der Waals surface area (Å²) in [7, 11) is 0. The largest absolute Gasteiger partial charge is 0.424 e. The van der Waals surface area contributed by atoms with Crippen molar-refractivity contribution in [1.29, 1.82) is 0 Å². The molecule has 40 heavy (non-hydrogen) atoms. The molecule has 0 aliphatic carbocycles. The molecule has 9 nitrogen and oxygen atoms in total. The van der Waals surface area contributed by atoms with Gasteiger partial charge in [0.15, 0.2) is 0 Å². The summed E-state index contributed by atoms with van der Waals surface area (Å²) in [4.78, 5) is 19.7. The van der Waals surface area contributed by atoms with Crippen LogP contribution in [0.1, 0.15) is 6.92 Å². The fourth-order valence-corrected chi connectivity index (χ4v) is 5.81. The average Bonchev–Trinajstić information content (AvgIpc) is 3.38. The molecule has 3 aromatic heterocycles. The van der Waals surface area contributed by atoms with Crippen LogP contribution in [0.4, 0.5) is 4.39 Å². The van der Waals surface area contributed by atoms with Gasteiger partial charge in [-0.25, -0.2) is 24.0 Å². The van der Waals surface area contributed by atoms with Crippen LogP contribution in [-0.4, -0.2) is 75.4 Å². The van der Waals surface area contributed by atoms with Crippen LogP contribution in [0, 0.1) is 11.2 Å². The fraction of sp³-hybridized carbons (Fsp3) is 0.310. The molecule has 0 saturated carbocycles. The molecule has 2 fully saturated rings. The van der Waals surface area contributed by atoms with E-state index in [9.17, 15) is 0 Å². The topological polar surface area (TPSA) is 81.4 Å². The quantitative estimate of drug-likeness (QED) is 0.290. The Balaban J connectivity index is 1.21. The number of pyridine rings is 1. The monoisotopic (exact) mass is 559 g/mol. The molecule has 2 saturated heterocycles. The number of hydrogen-bond donors (Lipinski definition) is 0. The minimum Gasteiger partial charge on any atom is -0.424 e. The van der Waals surface area contributed by atoms with E-state index in [1.54, 1.807) is 42.9 Å². The molecular formula is C29H27ClFN7O2. The van der Waals surface area contributed by atoms with Gasteiger partial charge >= 0.3 is 6.01 Å². The standard InChI is InChI=1S/C29H27ClFN7O2/c1-29(16-39-17-29)15-36-7-9-37(10-8-36)38-18-35-26-14-34-25-13-24(31)21(12-22(25)27(26)38)20-4-3-19(11-23(20)30)40-28-32-5-2-6-33-28/h2-6,11-14,18H,7-10,15-17H2,1H3. The highest BCUT2D eigenvalue weighted by molar-refractivity contribution is 6.33. The van der Waals surface area contributed by atoms with Gasteiger partial charge in [0, 0.05) is 79.2 Å². The number of imidazole rings is 1. The summed E-state index contributed by atoms with van der Waals surface area (Å²) in [5, 5.41) is 3.45. The van der Waals surface area contributed by atoms with Crippen molar-refractivity contribution in [2.24, 2.45) is 5.41 Å². The molecule has 5 heterocycles. The fourth-order valence-electron chi connectivity index (χ4n) is 5.53. The Bertz CT molecular complexity index is 1700. The highest BCUT2D eigenvalue weighted by Gasteiger charge is 2.36. The van der Waals surface area contributed by atoms with Crippen LogP contribution < -0.4 is 9.75 Å².